The van der Waals surface area contributed by atoms with Crippen molar-refractivity contribution in [3.63, 3.8) is 0 Å². The molecule has 0 fully saturated rings. The smallest absolute Gasteiger partial charge is 0.273 e. The molecule has 0 aliphatic heterocycles. The summed E-state index contributed by atoms with van der Waals surface area (Å²) in [6.45, 7) is 4.61. The molecule has 0 bridgehead atoms. The number of carbonyl (C=O) groups is 1. The van der Waals surface area contributed by atoms with E-state index in [-0.39, 0.29) is 11.6 Å². The highest BCUT2D eigenvalue weighted by Crippen LogP contribution is 2.18. The third kappa shape index (κ3) is 5.09. The van der Waals surface area contributed by atoms with Crippen molar-refractivity contribution < 1.29 is 14.4 Å². The van der Waals surface area contributed by atoms with Gasteiger partial charge in [-0.3, -0.25) is 4.79 Å². The number of oxime groups is 1. The molecule has 0 radical (unpaired) electrons. The van der Waals surface area contributed by atoms with Gasteiger partial charge >= 0.3 is 0 Å². The molecule has 0 aromatic heterocycles. The van der Waals surface area contributed by atoms with Crippen molar-refractivity contribution in [3.8, 4) is 5.75 Å². The maximum absolute atomic E-state index is 12.5. The first-order chi connectivity index (χ1) is 12.6. The van der Waals surface area contributed by atoms with E-state index in [4.69, 9.17) is 9.57 Å². The van der Waals surface area contributed by atoms with Gasteiger partial charge in [-0.05, 0) is 42.5 Å². The fraction of sp³-hybridized carbons (Fsp3) is 0.333. The lowest BCUT2D eigenvalue weighted by Gasteiger charge is -2.10. The number of rotatable bonds is 8. The zero-order chi connectivity index (χ0) is 18.9. The molecule has 5 nitrogen and oxygen atoms in total. The second-order valence-electron chi connectivity index (χ2n) is 5.98. The van der Waals surface area contributed by atoms with Crippen molar-refractivity contribution in [2.75, 3.05) is 20.8 Å². The Morgan fingerprint density at radius 1 is 1.08 bits per heavy atom. The van der Waals surface area contributed by atoms with Gasteiger partial charge in [-0.1, -0.05) is 48.5 Å². The number of ether oxygens (including phenoxy) is 1. The summed E-state index contributed by atoms with van der Waals surface area (Å²) < 4.78 is 5.27. The molecule has 0 saturated heterocycles. The Labute approximate surface area is 155 Å². The lowest BCUT2D eigenvalue weighted by Crippen LogP contribution is -2.33. The molecular weight excluding hydrogens is 328 g/mol. The molecule has 0 spiro atoms. The van der Waals surface area contributed by atoms with Gasteiger partial charge < -0.3 is 14.9 Å². The van der Waals surface area contributed by atoms with Crippen LogP contribution in [0.5, 0.6) is 5.75 Å². The Morgan fingerprint density at radius 3 is 2.35 bits per heavy atom. The van der Waals surface area contributed by atoms with E-state index in [1.54, 1.807) is 7.11 Å². The summed E-state index contributed by atoms with van der Waals surface area (Å²) in [6, 6.07) is 13.8. The van der Waals surface area contributed by atoms with Gasteiger partial charge in [0, 0.05) is 12.1 Å². The molecule has 0 saturated carbocycles. The van der Waals surface area contributed by atoms with E-state index in [2.05, 4.69) is 23.5 Å². The maximum Gasteiger partial charge on any atom is 0.273 e. The zero-order valence-electron chi connectivity index (χ0n) is 15.8. The molecule has 2 aromatic rings. The van der Waals surface area contributed by atoms with Gasteiger partial charge in [0.2, 0.25) is 0 Å². The first-order valence-corrected chi connectivity index (χ1v) is 8.71. The van der Waals surface area contributed by atoms with Crippen molar-refractivity contribution in [3.05, 3.63) is 64.7 Å². The SMILES string of the molecule is CCc1ccc(/C(=N/OC)C(=O)NCCc2ccc(OC)c(C)c2)cc1. The summed E-state index contributed by atoms with van der Waals surface area (Å²) in [5.74, 6) is 0.615. The van der Waals surface area contributed by atoms with Crippen molar-refractivity contribution in [1.29, 1.82) is 0 Å². The van der Waals surface area contributed by atoms with Crippen LogP contribution in [-0.2, 0) is 22.5 Å². The second kappa shape index (κ2) is 9.61. The predicted octanol–water partition coefficient (Wildman–Crippen LogP) is 3.28. The van der Waals surface area contributed by atoms with Gasteiger partial charge in [-0.15, -0.1) is 0 Å². The molecule has 0 aliphatic rings. The maximum atomic E-state index is 12.5. The van der Waals surface area contributed by atoms with Crippen molar-refractivity contribution in [2.24, 2.45) is 5.16 Å². The Kier molecular flexibility index (Phi) is 7.21. The quantitative estimate of drug-likeness (QED) is 0.585. The minimum absolute atomic E-state index is 0.249. The van der Waals surface area contributed by atoms with Gasteiger partial charge in [0.15, 0.2) is 5.71 Å². The Bertz CT molecular complexity index is 767. The number of benzene rings is 2. The molecule has 2 rings (SSSR count). The molecule has 0 unspecified atom stereocenters. The molecule has 138 valence electrons. The average Bonchev–Trinajstić information content (AvgIpc) is 2.66. The van der Waals surface area contributed by atoms with Crippen LogP contribution in [0.3, 0.4) is 0 Å². The molecule has 5 heteroatoms. The molecule has 26 heavy (non-hydrogen) atoms. The van der Waals surface area contributed by atoms with Crippen LogP contribution >= 0.6 is 0 Å². The standard InChI is InChI=1S/C21H26N2O3/c1-5-16-6-9-18(10-7-16)20(23-26-4)21(24)22-13-12-17-8-11-19(25-3)15(2)14-17/h6-11,14H,5,12-13H2,1-4H3,(H,22,24)/b23-20-. The Hall–Kier alpha value is -2.82. The van der Waals surface area contributed by atoms with Crippen LogP contribution in [0.15, 0.2) is 47.6 Å². The zero-order valence-corrected chi connectivity index (χ0v) is 15.8. The van der Waals surface area contributed by atoms with E-state index in [1.165, 1.54) is 12.7 Å². The average molecular weight is 354 g/mol. The van der Waals surface area contributed by atoms with Crippen molar-refractivity contribution in [2.45, 2.75) is 26.7 Å². The third-order valence-corrected chi connectivity index (χ3v) is 4.19. The number of nitrogens with zero attached hydrogens (tertiary/aromatic N) is 1. The minimum Gasteiger partial charge on any atom is -0.496 e. The molecule has 0 atom stereocenters. The van der Waals surface area contributed by atoms with E-state index in [9.17, 15) is 4.79 Å². The van der Waals surface area contributed by atoms with Crippen LogP contribution in [0.2, 0.25) is 0 Å². The number of amides is 1. The van der Waals surface area contributed by atoms with Gasteiger partial charge in [0.25, 0.3) is 5.91 Å². The van der Waals surface area contributed by atoms with E-state index in [1.807, 2.05) is 43.3 Å². The van der Waals surface area contributed by atoms with Gasteiger partial charge in [0.05, 0.1) is 7.11 Å². The second-order valence-corrected chi connectivity index (χ2v) is 5.98. The van der Waals surface area contributed by atoms with E-state index in [0.29, 0.717) is 6.54 Å². The lowest BCUT2D eigenvalue weighted by molar-refractivity contribution is -0.114. The number of carbonyl (C=O) groups excluding carboxylic acids is 1. The summed E-state index contributed by atoms with van der Waals surface area (Å²) in [5.41, 5.74) is 4.44. The number of nitrogens with one attached hydrogen (secondary N) is 1. The van der Waals surface area contributed by atoms with Crippen LogP contribution in [0, 0.1) is 6.92 Å². The van der Waals surface area contributed by atoms with Crippen LogP contribution in [-0.4, -0.2) is 32.4 Å². The van der Waals surface area contributed by atoms with Crippen molar-refractivity contribution >= 4 is 11.6 Å². The first-order valence-electron chi connectivity index (χ1n) is 8.71. The highest BCUT2D eigenvalue weighted by Gasteiger charge is 2.14. The highest BCUT2D eigenvalue weighted by molar-refractivity contribution is 6.45. The fourth-order valence-electron chi connectivity index (χ4n) is 2.71. The summed E-state index contributed by atoms with van der Waals surface area (Å²) >= 11 is 0. The summed E-state index contributed by atoms with van der Waals surface area (Å²) in [7, 11) is 3.10. The van der Waals surface area contributed by atoms with Gasteiger partial charge in [-0.25, -0.2) is 0 Å². The summed E-state index contributed by atoms with van der Waals surface area (Å²) in [4.78, 5) is 17.4. The van der Waals surface area contributed by atoms with Crippen LogP contribution in [0.4, 0.5) is 0 Å². The number of methoxy groups -OCH3 is 1. The highest BCUT2D eigenvalue weighted by atomic mass is 16.6. The lowest BCUT2D eigenvalue weighted by atomic mass is 10.1. The molecule has 2 aromatic carbocycles. The molecule has 0 heterocycles. The van der Waals surface area contributed by atoms with Crippen molar-refractivity contribution in [1.82, 2.24) is 5.32 Å². The Balaban J connectivity index is 1.99. The van der Waals surface area contributed by atoms with Crippen LogP contribution in [0.25, 0.3) is 0 Å². The molecular formula is C21H26N2O3. The number of hydrogen-bond donors (Lipinski definition) is 1. The molecule has 1 N–H and O–H groups in total. The normalized spacial score (nSPS) is 11.2. The Morgan fingerprint density at radius 2 is 1.77 bits per heavy atom. The van der Waals surface area contributed by atoms with Gasteiger partial charge in [-0.2, -0.15) is 0 Å². The van der Waals surface area contributed by atoms with Gasteiger partial charge in [0.1, 0.15) is 12.9 Å². The molecule has 1 amide bonds. The van der Waals surface area contributed by atoms with Crippen LogP contribution < -0.4 is 10.1 Å². The summed E-state index contributed by atoms with van der Waals surface area (Å²) in [6.07, 6.45) is 1.68. The number of aryl methyl sites for hydroxylation is 2. The summed E-state index contributed by atoms with van der Waals surface area (Å²) in [5, 5.41) is 6.81. The molecule has 0 aliphatic carbocycles. The predicted molar refractivity (Wildman–Crippen MR) is 104 cm³/mol. The first kappa shape index (κ1) is 19.5. The van der Waals surface area contributed by atoms with Crippen LogP contribution in [0.1, 0.15) is 29.2 Å². The van der Waals surface area contributed by atoms with E-state index in [0.717, 1.165) is 35.3 Å². The van der Waals surface area contributed by atoms with E-state index >= 15 is 0 Å². The topological polar surface area (TPSA) is 59.9 Å². The van der Waals surface area contributed by atoms with E-state index < -0.39 is 0 Å². The third-order valence-electron chi connectivity index (χ3n) is 4.19. The fourth-order valence-corrected chi connectivity index (χ4v) is 2.71. The minimum atomic E-state index is -0.249. The monoisotopic (exact) mass is 354 g/mol. The number of hydrogen-bond acceptors (Lipinski definition) is 4. The largest absolute Gasteiger partial charge is 0.496 e.